The maximum atomic E-state index is 13.2. The maximum absolute atomic E-state index is 13.2. The van der Waals surface area contributed by atoms with Crippen molar-refractivity contribution in [1.29, 1.82) is 0 Å². The van der Waals surface area contributed by atoms with Crippen LogP contribution in [0.2, 0.25) is 5.02 Å². The molecule has 0 aromatic heterocycles. The molecule has 2 aromatic carbocycles. The Balaban J connectivity index is 2.21. The van der Waals surface area contributed by atoms with Crippen LogP contribution in [-0.2, 0) is 22.6 Å². The fourth-order valence-corrected chi connectivity index (χ4v) is 3.46. The lowest BCUT2D eigenvalue weighted by Crippen LogP contribution is -2.50. The SMILES string of the molecule is CC[C@H](C(=O)NC(C)C)N(Cc1ccccc1Cl)C(=O)CCc1ccc(C)cc1. The molecule has 0 heterocycles. The van der Waals surface area contributed by atoms with Crippen molar-refractivity contribution >= 4 is 23.4 Å². The lowest BCUT2D eigenvalue weighted by atomic mass is 10.0. The molecule has 5 heteroatoms. The van der Waals surface area contributed by atoms with Crippen LogP contribution in [0.5, 0.6) is 0 Å². The first-order valence-electron chi connectivity index (χ1n) is 10.2. The smallest absolute Gasteiger partial charge is 0.243 e. The number of benzene rings is 2. The van der Waals surface area contributed by atoms with Crippen LogP contribution < -0.4 is 5.32 Å². The van der Waals surface area contributed by atoms with E-state index in [2.05, 4.69) is 5.32 Å². The van der Waals surface area contributed by atoms with E-state index in [0.29, 0.717) is 30.8 Å². The van der Waals surface area contributed by atoms with E-state index >= 15 is 0 Å². The topological polar surface area (TPSA) is 49.4 Å². The molecule has 4 nitrogen and oxygen atoms in total. The minimum Gasteiger partial charge on any atom is -0.352 e. The molecule has 1 atom stereocenters. The molecule has 29 heavy (non-hydrogen) atoms. The standard InChI is InChI=1S/C24H31ClN2O2/c1-5-22(24(29)26-17(2)3)27(16-20-8-6-7-9-21(20)25)23(28)15-14-19-12-10-18(4)11-13-19/h6-13,17,22H,5,14-16H2,1-4H3,(H,26,29)/t22-/m1/s1. The highest BCUT2D eigenvalue weighted by Gasteiger charge is 2.29. The fraction of sp³-hybridized carbons (Fsp3) is 0.417. The lowest BCUT2D eigenvalue weighted by Gasteiger charge is -2.31. The molecular weight excluding hydrogens is 384 g/mol. The number of nitrogens with one attached hydrogen (secondary N) is 1. The number of hydrogen-bond acceptors (Lipinski definition) is 2. The highest BCUT2D eigenvalue weighted by atomic mass is 35.5. The van der Waals surface area contributed by atoms with E-state index in [-0.39, 0.29) is 17.9 Å². The van der Waals surface area contributed by atoms with Gasteiger partial charge in [-0.3, -0.25) is 9.59 Å². The van der Waals surface area contributed by atoms with E-state index < -0.39 is 6.04 Å². The van der Waals surface area contributed by atoms with Gasteiger partial charge in [0.15, 0.2) is 0 Å². The Morgan fingerprint density at radius 2 is 1.72 bits per heavy atom. The average Bonchev–Trinajstić information content (AvgIpc) is 2.68. The van der Waals surface area contributed by atoms with E-state index in [1.54, 1.807) is 11.0 Å². The first kappa shape index (κ1) is 23.0. The van der Waals surface area contributed by atoms with Crippen LogP contribution in [0.15, 0.2) is 48.5 Å². The molecule has 0 saturated carbocycles. The van der Waals surface area contributed by atoms with Gasteiger partial charge >= 0.3 is 0 Å². The third-order valence-electron chi connectivity index (χ3n) is 4.86. The minimum absolute atomic E-state index is 0.0152. The van der Waals surface area contributed by atoms with Crippen LogP contribution in [0.1, 0.15) is 50.3 Å². The monoisotopic (exact) mass is 414 g/mol. The van der Waals surface area contributed by atoms with Gasteiger partial charge < -0.3 is 10.2 Å². The Bertz CT molecular complexity index is 818. The molecule has 1 N–H and O–H groups in total. The second kappa shape index (κ2) is 11.0. The van der Waals surface area contributed by atoms with Gasteiger partial charge in [-0.05, 0) is 50.8 Å². The first-order chi connectivity index (χ1) is 13.8. The Kier molecular flexibility index (Phi) is 8.71. The minimum atomic E-state index is -0.529. The van der Waals surface area contributed by atoms with Crippen molar-refractivity contribution in [2.75, 3.05) is 0 Å². The molecule has 0 spiro atoms. The van der Waals surface area contributed by atoms with Crippen molar-refractivity contribution in [2.45, 2.75) is 65.6 Å². The molecule has 0 saturated heterocycles. The summed E-state index contributed by atoms with van der Waals surface area (Å²) in [5, 5.41) is 3.54. The number of rotatable bonds is 9. The van der Waals surface area contributed by atoms with Gasteiger partial charge in [0.05, 0.1) is 0 Å². The molecule has 0 aliphatic rings. The molecule has 0 fully saturated rings. The van der Waals surface area contributed by atoms with Gasteiger partial charge in [-0.15, -0.1) is 0 Å². The van der Waals surface area contributed by atoms with E-state index in [1.165, 1.54) is 5.56 Å². The number of carbonyl (C=O) groups is 2. The summed E-state index contributed by atoms with van der Waals surface area (Å²) in [5.74, 6) is -0.172. The summed E-state index contributed by atoms with van der Waals surface area (Å²) in [6.45, 7) is 8.12. The summed E-state index contributed by atoms with van der Waals surface area (Å²) in [6, 6.07) is 15.1. The van der Waals surface area contributed by atoms with Gasteiger partial charge in [-0.2, -0.15) is 0 Å². The molecule has 156 valence electrons. The first-order valence-corrected chi connectivity index (χ1v) is 10.6. The van der Waals surface area contributed by atoms with Crippen molar-refractivity contribution in [3.05, 3.63) is 70.2 Å². The van der Waals surface area contributed by atoms with E-state index in [0.717, 1.165) is 11.1 Å². The Labute approximate surface area is 179 Å². The normalized spacial score (nSPS) is 11.9. The molecule has 0 radical (unpaired) electrons. The Morgan fingerprint density at radius 1 is 1.07 bits per heavy atom. The summed E-state index contributed by atoms with van der Waals surface area (Å²) in [6.07, 6.45) is 1.53. The van der Waals surface area contributed by atoms with Gasteiger partial charge in [-0.25, -0.2) is 0 Å². The summed E-state index contributed by atoms with van der Waals surface area (Å²) >= 11 is 6.33. The highest BCUT2D eigenvalue weighted by Crippen LogP contribution is 2.21. The molecule has 0 bridgehead atoms. The van der Waals surface area contributed by atoms with Gasteiger partial charge in [0, 0.05) is 24.0 Å². The summed E-state index contributed by atoms with van der Waals surface area (Å²) in [5.41, 5.74) is 3.15. The van der Waals surface area contributed by atoms with Crippen LogP contribution in [-0.4, -0.2) is 28.8 Å². The molecule has 0 unspecified atom stereocenters. The molecule has 2 aromatic rings. The maximum Gasteiger partial charge on any atom is 0.243 e. The second-order valence-corrected chi connectivity index (χ2v) is 8.09. The van der Waals surface area contributed by atoms with Gasteiger partial charge in [0.1, 0.15) is 6.04 Å². The van der Waals surface area contributed by atoms with Crippen LogP contribution in [0.25, 0.3) is 0 Å². The number of amides is 2. The zero-order chi connectivity index (χ0) is 21.4. The number of hydrogen-bond donors (Lipinski definition) is 1. The molecule has 2 amide bonds. The van der Waals surface area contributed by atoms with Crippen molar-refractivity contribution in [3.63, 3.8) is 0 Å². The van der Waals surface area contributed by atoms with E-state index in [9.17, 15) is 9.59 Å². The summed E-state index contributed by atoms with van der Waals surface area (Å²) in [4.78, 5) is 27.6. The molecule has 0 aliphatic heterocycles. The van der Waals surface area contributed by atoms with E-state index in [4.69, 9.17) is 11.6 Å². The molecule has 0 aliphatic carbocycles. The number of halogens is 1. The van der Waals surface area contributed by atoms with Crippen molar-refractivity contribution in [3.8, 4) is 0 Å². The molecular formula is C24H31ClN2O2. The quantitative estimate of drug-likeness (QED) is 0.633. The van der Waals surface area contributed by atoms with Crippen molar-refractivity contribution in [2.24, 2.45) is 0 Å². The Morgan fingerprint density at radius 3 is 2.31 bits per heavy atom. The van der Waals surface area contributed by atoms with Crippen LogP contribution >= 0.6 is 11.6 Å². The van der Waals surface area contributed by atoms with Gasteiger partial charge in [0.25, 0.3) is 0 Å². The predicted octanol–water partition coefficient (Wildman–Crippen LogP) is 4.91. The lowest BCUT2D eigenvalue weighted by molar-refractivity contribution is -0.141. The second-order valence-electron chi connectivity index (χ2n) is 7.69. The van der Waals surface area contributed by atoms with E-state index in [1.807, 2.05) is 70.2 Å². The van der Waals surface area contributed by atoms with Crippen LogP contribution in [0.4, 0.5) is 0 Å². The van der Waals surface area contributed by atoms with Gasteiger partial charge in [0.2, 0.25) is 11.8 Å². The zero-order valence-corrected chi connectivity index (χ0v) is 18.5. The predicted molar refractivity (Wildman–Crippen MR) is 119 cm³/mol. The zero-order valence-electron chi connectivity index (χ0n) is 17.7. The van der Waals surface area contributed by atoms with Gasteiger partial charge in [-0.1, -0.05) is 66.6 Å². The van der Waals surface area contributed by atoms with Crippen molar-refractivity contribution in [1.82, 2.24) is 10.2 Å². The van der Waals surface area contributed by atoms with Crippen LogP contribution in [0.3, 0.4) is 0 Å². The summed E-state index contributed by atoms with van der Waals surface area (Å²) < 4.78 is 0. The Hall–Kier alpha value is -2.33. The largest absolute Gasteiger partial charge is 0.352 e. The third-order valence-corrected chi connectivity index (χ3v) is 5.23. The highest BCUT2D eigenvalue weighted by molar-refractivity contribution is 6.31. The number of aryl methyl sites for hydroxylation is 2. The van der Waals surface area contributed by atoms with Crippen LogP contribution in [0, 0.1) is 6.92 Å². The molecule has 2 rings (SSSR count). The number of carbonyl (C=O) groups excluding carboxylic acids is 2. The third kappa shape index (κ3) is 6.90. The fourth-order valence-electron chi connectivity index (χ4n) is 3.26. The summed E-state index contributed by atoms with van der Waals surface area (Å²) in [7, 11) is 0. The average molecular weight is 415 g/mol. The van der Waals surface area contributed by atoms with Crippen molar-refractivity contribution < 1.29 is 9.59 Å². The number of nitrogens with zero attached hydrogens (tertiary/aromatic N) is 1.